The average Bonchev–Trinajstić information content (AvgIpc) is 2.39. The van der Waals surface area contributed by atoms with Gasteiger partial charge in [0.05, 0.1) is 12.2 Å². The van der Waals surface area contributed by atoms with Crippen LogP contribution in [0.2, 0.25) is 0 Å². The second-order valence-corrected chi connectivity index (χ2v) is 5.56. The van der Waals surface area contributed by atoms with Crippen LogP contribution < -0.4 is 0 Å². The molecule has 1 nitrogen and oxygen atoms in total. The fourth-order valence-electron chi connectivity index (χ4n) is 2.08. The first kappa shape index (κ1) is 12.7. The Morgan fingerprint density at radius 2 is 2.06 bits per heavy atom. The third-order valence-electron chi connectivity index (χ3n) is 3.12. The number of benzene rings is 1. The molecular formula is C15H20OS. The molecule has 2 atom stereocenters. The maximum Gasteiger partial charge on any atom is 0.0784 e. The molecule has 17 heavy (non-hydrogen) atoms. The first-order valence-corrected chi connectivity index (χ1v) is 7.28. The SMILES string of the molecule is CC[C@H]1O[C@@H](CSc2ccccc2)CC=C1C. The molecule has 0 saturated carbocycles. The van der Waals surface area contributed by atoms with E-state index >= 15 is 0 Å². The van der Waals surface area contributed by atoms with Gasteiger partial charge in [0.1, 0.15) is 0 Å². The van der Waals surface area contributed by atoms with Gasteiger partial charge in [-0.05, 0) is 37.5 Å². The van der Waals surface area contributed by atoms with Crippen LogP contribution in [-0.4, -0.2) is 18.0 Å². The molecule has 2 heteroatoms. The third-order valence-corrected chi connectivity index (χ3v) is 4.26. The van der Waals surface area contributed by atoms with Gasteiger partial charge in [0.25, 0.3) is 0 Å². The summed E-state index contributed by atoms with van der Waals surface area (Å²) in [5.41, 5.74) is 1.40. The zero-order valence-corrected chi connectivity index (χ0v) is 11.4. The Morgan fingerprint density at radius 3 is 2.76 bits per heavy atom. The van der Waals surface area contributed by atoms with Crippen molar-refractivity contribution in [1.82, 2.24) is 0 Å². The van der Waals surface area contributed by atoms with Crippen molar-refractivity contribution in [2.45, 2.75) is 43.8 Å². The molecule has 1 aliphatic rings. The lowest BCUT2D eigenvalue weighted by atomic mass is 10.0. The third kappa shape index (κ3) is 3.62. The first-order chi connectivity index (χ1) is 8.29. The van der Waals surface area contributed by atoms with Crippen molar-refractivity contribution in [3.05, 3.63) is 42.0 Å². The summed E-state index contributed by atoms with van der Waals surface area (Å²) in [6.07, 6.45) is 5.18. The fourth-order valence-corrected chi connectivity index (χ4v) is 3.02. The molecule has 0 N–H and O–H groups in total. The molecule has 0 unspecified atom stereocenters. The van der Waals surface area contributed by atoms with Crippen molar-refractivity contribution in [1.29, 1.82) is 0 Å². The van der Waals surface area contributed by atoms with E-state index in [2.05, 4.69) is 50.3 Å². The molecule has 92 valence electrons. The van der Waals surface area contributed by atoms with E-state index in [1.807, 2.05) is 11.8 Å². The van der Waals surface area contributed by atoms with Crippen LogP contribution >= 0.6 is 11.8 Å². The van der Waals surface area contributed by atoms with Gasteiger partial charge in [-0.3, -0.25) is 0 Å². The summed E-state index contributed by atoms with van der Waals surface area (Å²) < 4.78 is 6.08. The lowest BCUT2D eigenvalue weighted by molar-refractivity contribution is 0.0111. The molecule has 0 bridgehead atoms. The van der Waals surface area contributed by atoms with E-state index < -0.39 is 0 Å². The maximum absolute atomic E-state index is 6.08. The Hall–Kier alpha value is -0.730. The summed E-state index contributed by atoms with van der Waals surface area (Å²) in [4.78, 5) is 1.33. The highest BCUT2D eigenvalue weighted by Gasteiger charge is 2.20. The normalized spacial score (nSPS) is 24.5. The highest BCUT2D eigenvalue weighted by molar-refractivity contribution is 7.99. The number of thioether (sulfide) groups is 1. The van der Waals surface area contributed by atoms with Crippen LogP contribution in [0.25, 0.3) is 0 Å². The predicted molar refractivity (Wildman–Crippen MR) is 74.5 cm³/mol. The lowest BCUT2D eigenvalue weighted by Crippen LogP contribution is -2.28. The van der Waals surface area contributed by atoms with E-state index in [9.17, 15) is 0 Å². The molecule has 1 aromatic rings. The van der Waals surface area contributed by atoms with Crippen LogP contribution in [0.15, 0.2) is 46.9 Å². The van der Waals surface area contributed by atoms with Crippen LogP contribution in [0.3, 0.4) is 0 Å². The van der Waals surface area contributed by atoms with Gasteiger partial charge in [-0.15, -0.1) is 11.8 Å². The van der Waals surface area contributed by atoms with E-state index in [0.717, 1.165) is 18.6 Å². The van der Waals surface area contributed by atoms with Crippen LogP contribution in [0, 0.1) is 0 Å². The first-order valence-electron chi connectivity index (χ1n) is 6.29. The van der Waals surface area contributed by atoms with Gasteiger partial charge >= 0.3 is 0 Å². The predicted octanol–water partition coefficient (Wildman–Crippen LogP) is 4.29. The molecule has 0 radical (unpaired) electrons. The second-order valence-electron chi connectivity index (χ2n) is 4.46. The van der Waals surface area contributed by atoms with Crippen molar-refractivity contribution in [2.75, 3.05) is 5.75 Å². The Morgan fingerprint density at radius 1 is 1.29 bits per heavy atom. The minimum Gasteiger partial charge on any atom is -0.369 e. The molecule has 0 amide bonds. The van der Waals surface area contributed by atoms with E-state index in [1.165, 1.54) is 10.5 Å². The zero-order chi connectivity index (χ0) is 12.1. The van der Waals surface area contributed by atoms with Crippen molar-refractivity contribution in [3.8, 4) is 0 Å². The van der Waals surface area contributed by atoms with E-state index in [0.29, 0.717) is 12.2 Å². The molecule has 0 aliphatic carbocycles. The summed E-state index contributed by atoms with van der Waals surface area (Å²) in [6.45, 7) is 4.36. The monoisotopic (exact) mass is 248 g/mol. The van der Waals surface area contributed by atoms with Gasteiger partial charge in [-0.2, -0.15) is 0 Å². The van der Waals surface area contributed by atoms with Crippen LogP contribution in [0.1, 0.15) is 26.7 Å². The van der Waals surface area contributed by atoms with E-state index in [-0.39, 0.29) is 0 Å². The van der Waals surface area contributed by atoms with Gasteiger partial charge < -0.3 is 4.74 Å². The Kier molecular flexibility index (Phi) is 4.69. The molecule has 1 aromatic carbocycles. The molecule has 0 spiro atoms. The topological polar surface area (TPSA) is 9.23 Å². The maximum atomic E-state index is 6.08. The van der Waals surface area contributed by atoms with E-state index in [1.54, 1.807) is 0 Å². The van der Waals surface area contributed by atoms with Gasteiger partial charge in [0.2, 0.25) is 0 Å². The molecule has 2 rings (SSSR count). The molecule has 0 fully saturated rings. The van der Waals surface area contributed by atoms with Crippen molar-refractivity contribution < 1.29 is 4.74 Å². The van der Waals surface area contributed by atoms with Gasteiger partial charge in [0, 0.05) is 10.6 Å². The fraction of sp³-hybridized carbons (Fsp3) is 0.467. The Labute approximate surface area is 108 Å². The molecule has 1 aliphatic heterocycles. The van der Waals surface area contributed by atoms with Gasteiger partial charge in [-0.1, -0.05) is 31.2 Å². The Balaban J connectivity index is 1.85. The lowest BCUT2D eigenvalue weighted by Gasteiger charge is -2.28. The minimum atomic E-state index is 0.338. The van der Waals surface area contributed by atoms with Gasteiger partial charge in [-0.25, -0.2) is 0 Å². The number of hydrogen-bond donors (Lipinski definition) is 0. The highest BCUT2D eigenvalue weighted by Crippen LogP contribution is 2.26. The van der Waals surface area contributed by atoms with Crippen molar-refractivity contribution in [3.63, 3.8) is 0 Å². The average molecular weight is 248 g/mol. The zero-order valence-electron chi connectivity index (χ0n) is 10.6. The van der Waals surface area contributed by atoms with Crippen LogP contribution in [0.4, 0.5) is 0 Å². The van der Waals surface area contributed by atoms with Crippen LogP contribution in [0.5, 0.6) is 0 Å². The quantitative estimate of drug-likeness (QED) is 0.580. The largest absolute Gasteiger partial charge is 0.369 e. The summed E-state index contributed by atoms with van der Waals surface area (Å²) in [5, 5.41) is 0. The summed E-state index contributed by atoms with van der Waals surface area (Å²) in [6, 6.07) is 10.5. The second kappa shape index (κ2) is 6.27. The molecule has 1 heterocycles. The summed E-state index contributed by atoms with van der Waals surface area (Å²) in [5.74, 6) is 1.05. The number of ether oxygens (including phenoxy) is 1. The number of hydrogen-bond acceptors (Lipinski definition) is 2. The minimum absolute atomic E-state index is 0.338. The number of rotatable bonds is 4. The summed E-state index contributed by atoms with van der Waals surface area (Å²) in [7, 11) is 0. The Bertz CT molecular complexity index is 372. The van der Waals surface area contributed by atoms with E-state index in [4.69, 9.17) is 4.74 Å². The standard InChI is InChI=1S/C15H20OS/c1-3-15-12(2)9-10-13(16-15)11-17-14-7-5-4-6-8-14/h4-9,13,15H,3,10-11H2,1-2H3/t13-,15-/m1/s1. The smallest absolute Gasteiger partial charge is 0.0784 e. The molecule has 0 saturated heterocycles. The highest BCUT2D eigenvalue weighted by atomic mass is 32.2. The molecule has 0 aromatic heterocycles. The van der Waals surface area contributed by atoms with Crippen LogP contribution in [-0.2, 0) is 4.74 Å². The molecular weight excluding hydrogens is 228 g/mol. The van der Waals surface area contributed by atoms with Gasteiger partial charge in [0.15, 0.2) is 0 Å². The summed E-state index contributed by atoms with van der Waals surface area (Å²) >= 11 is 1.89. The van der Waals surface area contributed by atoms with Crippen molar-refractivity contribution >= 4 is 11.8 Å². The van der Waals surface area contributed by atoms with Crippen molar-refractivity contribution in [2.24, 2.45) is 0 Å².